The van der Waals surface area contributed by atoms with E-state index in [1.165, 1.54) is 31.5 Å². The van der Waals surface area contributed by atoms with Crippen LogP contribution < -0.4 is 9.64 Å². The number of pyridine rings is 2. The number of hydrogen-bond acceptors (Lipinski definition) is 7. The molecule has 0 aliphatic carbocycles. The second-order valence-electron chi connectivity index (χ2n) is 6.14. The van der Waals surface area contributed by atoms with Crippen LogP contribution in [0.25, 0.3) is 22.8 Å². The molecule has 0 unspecified atom stereocenters. The molecule has 0 atom stereocenters. The van der Waals surface area contributed by atoms with E-state index < -0.39 is 6.61 Å². The van der Waals surface area contributed by atoms with Gasteiger partial charge in [0, 0.05) is 42.7 Å². The smallest absolute Gasteiger partial charge is 0.388 e. The van der Waals surface area contributed by atoms with Crippen molar-refractivity contribution >= 4 is 5.82 Å². The standard InChI is InChI=1S/C18H17F2N5O2/c19-18(20)26-15-10-12(6-7-21-15)17-23-16(24-27-17)13-4-5-14(22-11-13)25-8-2-1-3-9-25/h4-7,10-11,18H,1-3,8-9H2. The third-order valence-electron chi connectivity index (χ3n) is 4.30. The highest BCUT2D eigenvalue weighted by Gasteiger charge is 2.15. The van der Waals surface area contributed by atoms with Crippen LogP contribution in [0.2, 0.25) is 0 Å². The number of alkyl halides is 2. The highest BCUT2D eigenvalue weighted by Crippen LogP contribution is 2.25. The van der Waals surface area contributed by atoms with Crippen molar-refractivity contribution in [2.75, 3.05) is 18.0 Å². The van der Waals surface area contributed by atoms with Crippen molar-refractivity contribution in [3.63, 3.8) is 0 Å². The number of hydrogen-bond donors (Lipinski definition) is 0. The van der Waals surface area contributed by atoms with Crippen LogP contribution in [0.5, 0.6) is 5.88 Å². The Bertz CT molecular complexity index is 895. The minimum Gasteiger partial charge on any atom is -0.417 e. The zero-order valence-corrected chi connectivity index (χ0v) is 14.4. The molecule has 1 aliphatic heterocycles. The van der Waals surface area contributed by atoms with Gasteiger partial charge in [0.1, 0.15) is 5.82 Å². The van der Waals surface area contributed by atoms with Gasteiger partial charge in [-0.2, -0.15) is 13.8 Å². The van der Waals surface area contributed by atoms with Gasteiger partial charge in [-0.15, -0.1) is 0 Å². The molecule has 1 saturated heterocycles. The summed E-state index contributed by atoms with van der Waals surface area (Å²) < 4.78 is 34.2. The average Bonchev–Trinajstić information content (AvgIpc) is 3.19. The Balaban J connectivity index is 1.52. The maximum absolute atomic E-state index is 12.3. The van der Waals surface area contributed by atoms with E-state index in [1.54, 1.807) is 12.3 Å². The zero-order chi connectivity index (χ0) is 18.6. The maximum Gasteiger partial charge on any atom is 0.388 e. The number of nitrogens with zero attached hydrogens (tertiary/aromatic N) is 5. The molecule has 0 amide bonds. The monoisotopic (exact) mass is 373 g/mol. The summed E-state index contributed by atoms with van der Waals surface area (Å²) >= 11 is 0. The molecule has 3 aromatic rings. The summed E-state index contributed by atoms with van der Waals surface area (Å²) in [5.74, 6) is 1.28. The highest BCUT2D eigenvalue weighted by atomic mass is 19.3. The molecule has 0 N–H and O–H groups in total. The Morgan fingerprint density at radius 2 is 1.89 bits per heavy atom. The molecule has 27 heavy (non-hydrogen) atoms. The number of piperidine rings is 1. The van der Waals surface area contributed by atoms with Crippen molar-refractivity contribution in [1.82, 2.24) is 20.1 Å². The van der Waals surface area contributed by atoms with Crippen LogP contribution in [0, 0.1) is 0 Å². The molecule has 0 saturated carbocycles. The lowest BCUT2D eigenvalue weighted by Crippen LogP contribution is -2.29. The molecule has 0 aromatic carbocycles. The van der Waals surface area contributed by atoms with Crippen LogP contribution >= 0.6 is 0 Å². The SMILES string of the molecule is FC(F)Oc1cc(-c2nc(-c3ccc(N4CCCCC4)nc3)no2)ccn1. The Labute approximate surface area is 154 Å². The van der Waals surface area contributed by atoms with Crippen molar-refractivity contribution in [2.24, 2.45) is 0 Å². The van der Waals surface area contributed by atoms with Crippen molar-refractivity contribution in [1.29, 1.82) is 0 Å². The highest BCUT2D eigenvalue weighted by molar-refractivity contribution is 5.60. The summed E-state index contributed by atoms with van der Waals surface area (Å²) in [5, 5.41) is 3.95. The zero-order valence-electron chi connectivity index (χ0n) is 14.4. The molecule has 4 heterocycles. The van der Waals surface area contributed by atoms with E-state index >= 15 is 0 Å². The molecule has 7 nitrogen and oxygen atoms in total. The van der Waals surface area contributed by atoms with Crippen molar-refractivity contribution < 1.29 is 18.0 Å². The van der Waals surface area contributed by atoms with Gasteiger partial charge in [0.2, 0.25) is 11.7 Å². The van der Waals surface area contributed by atoms with Gasteiger partial charge in [-0.1, -0.05) is 5.16 Å². The lowest BCUT2D eigenvalue weighted by Gasteiger charge is -2.27. The van der Waals surface area contributed by atoms with Gasteiger partial charge in [-0.3, -0.25) is 0 Å². The summed E-state index contributed by atoms with van der Waals surface area (Å²) in [7, 11) is 0. The topological polar surface area (TPSA) is 77.2 Å². The lowest BCUT2D eigenvalue weighted by atomic mass is 10.1. The Morgan fingerprint density at radius 1 is 1.04 bits per heavy atom. The van der Waals surface area contributed by atoms with E-state index in [-0.39, 0.29) is 11.8 Å². The third-order valence-corrected chi connectivity index (χ3v) is 4.30. The maximum atomic E-state index is 12.3. The first-order valence-electron chi connectivity index (χ1n) is 8.65. The molecule has 4 rings (SSSR count). The Kier molecular flexibility index (Phi) is 4.91. The third kappa shape index (κ3) is 4.02. The van der Waals surface area contributed by atoms with E-state index in [1.807, 2.05) is 12.1 Å². The molecule has 140 valence electrons. The molecular weight excluding hydrogens is 356 g/mol. The van der Waals surface area contributed by atoms with Crippen LogP contribution in [0.3, 0.4) is 0 Å². The first-order chi connectivity index (χ1) is 13.2. The summed E-state index contributed by atoms with van der Waals surface area (Å²) in [4.78, 5) is 14.8. The molecule has 3 aromatic heterocycles. The van der Waals surface area contributed by atoms with Crippen LogP contribution in [-0.4, -0.2) is 39.8 Å². The van der Waals surface area contributed by atoms with Gasteiger partial charge >= 0.3 is 6.61 Å². The summed E-state index contributed by atoms with van der Waals surface area (Å²) in [6, 6.07) is 6.73. The molecular formula is C18H17F2N5O2. The van der Waals surface area contributed by atoms with Crippen molar-refractivity contribution in [2.45, 2.75) is 25.9 Å². The molecule has 9 heteroatoms. The predicted octanol–water partition coefficient (Wildman–Crippen LogP) is 3.79. The summed E-state index contributed by atoms with van der Waals surface area (Å²) in [5.41, 5.74) is 1.15. The molecule has 0 bridgehead atoms. The molecule has 0 spiro atoms. The van der Waals surface area contributed by atoms with E-state index in [0.717, 1.165) is 18.9 Å². The normalized spacial score (nSPS) is 14.6. The van der Waals surface area contributed by atoms with Gasteiger partial charge in [0.05, 0.1) is 0 Å². The van der Waals surface area contributed by atoms with Crippen LogP contribution in [0.4, 0.5) is 14.6 Å². The first-order valence-corrected chi connectivity index (χ1v) is 8.65. The van der Waals surface area contributed by atoms with Gasteiger partial charge in [-0.05, 0) is 37.5 Å². The van der Waals surface area contributed by atoms with Crippen LogP contribution in [0.1, 0.15) is 19.3 Å². The van der Waals surface area contributed by atoms with Crippen LogP contribution in [-0.2, 0) is 0 Å². The fourth-order valence-electron chi connectivity index (χ4n) is 2.98. The number of halogens is 2. The van der Waals surface area contributed by atoms with E-state index in [0.29, 0.717) is 17.0 Å². The number of aromatic nitrogens is 4. The fourth-order valence-corrected chi connectivity index (χ4v) is 2.98. The number of ether oxygens (including phenoxy) is 1. The summed E-state index contributed by atoms with van der Waals surface area (Å²) in [6.45, 7) is -0.913. The second kappa shape index (κ2) is 7.65. The largest absolute Gasteiger partial charge is 0.417 e. The van der Waals surface area contributed by atoms with Crippen LogP contribution in [0.15, 0.2) is 41.2 Å². The Hall–Kier alpha value is -3.10. The fraction of sp³-hybridized carbons (Fsp3) is 0.333. The van der Waals surface area contributed by atoms with E-state index in [2.05, 4.69) is 29.7 Å². The van der Waals surface area contributed by atoms with Gasteiger partial charge in [0.15, 0.2) is 0 Å². The van der Waals surface area contributed by atoms with Crippen molar-refractivity contribution in [3.05, 3.63) is 36.7 Å². The summed E-state index contributed by atoms with van der Waals surface area (Å²) in [6.07, 6.45) is 6.67. The number of rotatable bonds is 5. The van der Waals surface area contributed by atoms with Crippen molar-refractivity contribution in [3.8, 4) is 28.7 Å². The van der Waals surface area contributed by atoms with Gasteiger partial charge in [0.25, 0.3) is 5.89 Å². The minimum atomic E-state index is -2.95. The Morgan fingerprint density at radius 3 is 2.63 bits per heavy atom. The van der Waals surface area contributed by atoms with E-state index in [4.69, 9.17) is 4.52 Å². The molecule has 0 radical (unpaired) electrons. The van der Waals surface area contributed by atoms with Gasteiger partial charge < -0.3 is 14.2 Å². The molecule has 1 fully saturated rings. The second-order valence-corrected chi connectivity index (χ2v) is 6.14. The quantitative estimate of drug-likeness (QED) is 0.673. The first kappa shape index (κ1) is 17.3. The molecule has 1 aliphatic rings. The lowest BCUT2D eigenvalue weighted by molar-refractivity contribution is -0.0528. The predicted molar refractivity (Wildman–Crippen MR) is 93.5 cm³/mol. The number of anilines is 1. The van der Waals surface area contributed by atoms with E-state index in [9.17, 15) is 8.78 Å². The van der Waals surface area contributed by atoms with Gasteiger partial charge in [-0.25, -0.2) is 9.97 Å². The average molecular weight is 373 g/mol. The minimum absolute atomic E-state index is 0.187.